The Kier molecular flexibility index (Phi) is 4.47. The molecule has 26 heavy (non-hydrogen) atoms. The third kappa shape index (κ3) is 3.22. The largest absolute Gasteiger partial charge is 0.321 e. The van der Waals surface area contributed by atoms with Crippen LogP contribution in [0.4, 0.5) is 5.69 Å². The molecule has 5 nitrogen and oxygen atoms in total. The van der Waals surface area contributed by atoms with Gasteiger partial charge in [0, 0.05) is 16.9 Å². The Morgan fingerprint density at radius 2 is 1.81 bits per heavy atom. The van der Waals surface area contributed by atoms with Gasteiger partial charge >= 0.3 is 0 Å². The Balaban J connectivity index is 1.62. The highest BCUT2D eigenvalue weighted by Gasteiger charge is 2.11. The van der Waals surface area contributed by atoms with E-state index >= 15 is 0 Å². The van der Waals surface area contributed by atoms with E-state index in [-0.39, 0.29) is 5.91 Å². The van der Waals surface area contributed by atoms with Crippen LogP contribution in [0.25, 0.3) is 17.1 Å². The Hall–Kier alpha value is -3.03. The van der Waals surface area contributed by atoms with Crippen LogP contribution in [0.15, 0.2) is 72.1 Å². The molecule has 0 fully saturated rings. The van der Waals surface area contributed by atoms with Gasteiger partial charge in [0.05, 0.1) is 4.88 Å². The van der Waals surface area contributed by atoms with Gasteiger partial charge in [-0.05, 0) is 60.1 Å². The zero-order valence-corrected chi connectivity index (χ0v) is 15.2. The van der Waals surface area contributed by atoms with E-state index in [2.05, 4.69) is 15.5 Å². The number of benzene rings is 2. The van der Waals surface area contributed by atoms with Crippen molar-refractivity contribution >= 4 is 35.1 Å². The van der Waals surface area contributed by atoms with E-state index in [1.165, 1.54) is 11.3 Å². The molecule has 0 bridgehead atoms. The SMILES string of the molecule is O=C(Nc1ccc(-c2n[nH]c(=S)n2-c2ccccc2)cc1)c1cccs1. The number of anilines is 1. The molecule has 2 heterocycles. The van der Waals surface area contributed by atoms with Crippen molar-refractivity contribution in [1.82, 2.24) is 14.8 Å². The molecule has 0 aliphatic heterocycles. The summed E-state index contributed by atoms with van der Waals surface area (Å²) in [5, 5.41) is 12.0. The molecule has 0 saturated carbocycles. The number of amides is 1. The molecular weight excluding hydrogens is 364 g/mol. The van der Waals surface area contributed by atoms with Gasteiger partial charge in [-0.15, -0.1) is 11.3 Å². The number of para-hydroxylation sites is 1. The highest BCUT2D eigenvalue weighted by atomic mass is 32.1. The number of nitrogens with one attached hydrogen (secondary N) is 2. The molecule has 128 valence electrons. The minimum absolute atomic E-state index is 0.111. The third-order valence-electron chi connectivity index (χ3n) is 3.83. The first-order valence-electron chi connectivity index (χ1n) is 7.90. The number of carbonyl (C=O) groups is 1. The molecule has 0 saturated heterocycles. The van der Waals surface area contributed by atoms with E-state index in [0.717, 1.165) is 22.8 Å². The van der Waals surface area contributed by atoms with Crippen LogP contribution in [-0.2, 0) is 0 Å². The van der Waals surface area contributed by atoms with E-state index in [4.69, 9.17) is 12.2 Å². The van der Waals surface area contributed by atoms with Gasteiger partial charge in [-0.3, -0.25) is 14.5 Å². The first kappa shape index (κ1) is 16.4. The van der Waals surface area contributed by atoms with Crippen molar-refractivity contribution in [2.24, 2.45) is 0 Å². The van der Waals surface area contributed by atoms with E-state index in [9.17, 15) is 4.79 Å². The van der Waals surface area contributed by atoms with Crippen LogP contribution in [0.3, 0.4) is 0 Å². The molecule has 0 radical (unpaired) electrons. The van der Waals surface area contributed by atoms with Crippen molar-refractivity contribution in [2.45, 2.75) is 0 Å². The van der Waals surface area contributed by atoms with Gasteiger partial charge in [0.1, 0.15) is 0 Å². The monoisotopic (exact) mass is 378 g/mol. The van der Waals surface area contributed by atoms with Gasteiger partial charge in [-0.2, -0.15) is 5.10 Å². The highest BCUT2D eigenvalue weighted by Crippen LogP contribution is 2.23. The maximum atomic E-state index is 12.1. The lowest BCUT2D eigenvalue weighted by Crippen LogP contribution is -2.09. The second-order valence-corrected chi connectivity index (χ2v) is 6.87. The van der Waals surface area contributed by atoms with Crippen molar-refractivity contribution < 1.29 is 4.79 Å². The van der Waals surface area contributed by atoms with E-state index in [1.54, 1.807) is 6.07 Å². The first-order chi connectivity index (χ1) is 12.7. The summed E-state index contributed by atoms with van der Waals surface area (Å²) in [5.41, 5.74) is 2.57. The predicted octanol–water partition coefficient (Wildman–Crippen LogP) is 4.91. The fourth-order valence-electron chi connectivity index (χ4n) is 2.61. The summed E-state index contributed by atoms with van der Waals surface area (Å²) in [6.45, 7) is 0. The molecule has 2 N–H and O–H groups in total. The van der Waals surface area contributed by atoms with E-state index < -0.39 is 0 Å². The maximum absolute atomic E-state index is 12.1. The maximum Gasteiger partial charge on any atom is 0.265 e. The van der Waals surface area contributed by atoms with Crippen molar-refractivity contribution in [2.75, 3.05) is 5.32 Å². The lowest BCUT2D eigenvalue weighted by atomic mass is 10.2. The van der Waals surface area contributed by atoms with Crippen LogP contribution in [-0.4, -0.2) is 20.7 Å². The zero-order chi connectivity index (χ0) is 17.9. The summed E-state index contributed by atoms with van der Waals surface area (Å²) in [6, 6.07) is 21.0. The van der Waals surface area contributed by atoms with Gasteiger partial charge in [-0.1, -0.05) is 24.3 Å². The first-order valence-corrected chi connectivity index (χ1v) is 9.19. The molecule has 0 unspecified atom stereocenters. The molecular formula is C19H14N4OS2. The number of aromatic amines is 1. The summed E-state index contributed by atoms with van der Waals surface area (Å²) < 4.78 is 2.41. The summed E-state index contributed by atoms with van der Waals surface area (Å²) in [5.74, 6) is 0.608. The van der Waals surface area contributed by atoms with Crippen LogP contribution in [0.1, 0.15) is 9.67 Å². The second-order valence-electron chi connectivity index (χ2n) is 5.53. The van der Waals surface area contributed by atoms with Gasteiger partial charge in [0.15, 0.2) is 10.6 Å². The van der Waals surface area contributed by atoms with Crippen LogP contribution in [0, 0.1) is 4.77 Å². The molecule has 4 aromatic rings. The Bertz CT molecular complexity index is 1080. The second kappa shape index (κ2) is 7.07. The van der Waals surface area contributed by atoms with Crippen molar-refractivity contribution in [1.29, 1.82) is 0 Å². The summed E-state index contributed by atoms with van der Waals surface area (Å²) in [6.07, 6.45) is 0. The molecule has 0 aliphatic carbocycles. The minimum atomic E-state index is -0.111. The van der Waals surface area contributed by atoms with Crippen LogP contribution >= 0.6 is 23.6 Å². The van der Waals surface area contributed by atoms with Crippen LogP contribution in [0.2, 0.25) is 0 Å². The number of carbonyl (C=O) groups excluding carboxylic acids is 1. The summed E-state index contributed by atoms with van der Waals surface area (Å²) >= 11 is 6.78. The lowest BCUT2D eigenvalue weighted by Gasteiger charge is -2.08. The van der Waals surface area contributed by atoms with Gasteiger partial charge in [-0.25, -0.2) is 0 Å². The standard InChI is InChI=1S/C19H14N4OS2/c24-18(16-7-4-12-26-16)20-14-10-8-13(9-11-14)17-21-22-19(25)23(17)15-5-2-1-3-6-15/h1-12H,(H,20,24)(H,22,25). The third-order valence-corrected chi connectivity index (χ3v) is 4.98. The average Bonchev–Trinajstić information content (AvgIpc) is 3.33. The lowest BCUT2D eigenvalue weighted by molar-refractivity contribution is 0.103. The topological polar surface area (TPSA) is 62.7 Å². The smallest absolute Gasteiger partial charge is 0.265 e. The number of H-pyrrole nitrogens is 1. The number of hydrogen-bond donors (Lipinski definition) is 2. The molecule has 0 aliphatic rings. The molecule has 7 heteroatoms. The summed E-state index contributed by atoms with van der Waals surface area (Å²) in [7, 11) is 0. The number of thiophene rings is 1. The molecule has 0 spiro atoms. The Morgan fingerprint density at radius 3 is 2.50 bits per heavy atom. The number of nitrogens with zero attached hydrogens (tertiary/aromatic N) is 2. The molecule has 1 amide bonds. The van der Waals surface area contributed by atoms with Gasteiger partial charge in [0.2, 0.25) is 0 Å². The average molecular weight is 378 g/mol. The fourth-order valence-corrected chi connectivity index (χ4v) is 3.47. The molecule has 4 rings (SSSR count). The number of hydrogen-bond acceptors (Lipinski definition) is 4. The quantitative estimate of drug-likeness (QED) is 0.496. The Morgan fingerprint density at radius 1 is 1.04 bits per heavy atom. The van der Waals surface area contributed by atoms with Crippen molar-refractivity contribution in [3.05, 3.63) is 81.8 Å². The van der Waals surface area contributed by atoms with Crippen molar-refractivity contribution in [3.8, 4) is 17.1 Å². The summed E-state index contributed by atoms with van der Waals surface area (Å²) in [4.78, 5) is 12.8. The highest BCUT2D eigenvalue weighted by molar-refractivity contribution is 7.71. The fraction of sp³-hybridized carbons (Fsp3) is 0. The Labute approximate surface area is 159 Å². The van der Waals surface area contributed by atoms with Gasteiger partial charge < -0.3 is 5.32 Å². The number of aromatic nitrogens is 3. The minimum Gasteiger partial charge on any atom is -0.321 e. The number of rotatable bonds is 4. The van der Waals surface area contributed by atoms with Gasteiger partial charge in [0.25, 0.3) is 5.91 Å². The zero-order valence-electron chi connectivity index (χ0n) is 13.5. The van der Waals surface area contributed by atoms with E-state index in [1.807, 2.05) is 70.6 Å². The molecule has 2 aromatic heterocycles. The molecule has 0 atom stereocenters. The van der Waals surface area contributed by atoms with Crippen LogP contribution < -0.4 is 5.32 Å². The van der Waals surface area contributed by atoms with E-state index in [0.29, 0.717) is 9.65 Å². The molecule has 2 aromatic carbocycles. The van der Waals surface area contributed by atoms with Crippen LogP contribution in [0.5, 0.6) is 0 Å². The van der Waals surface area contributed by atoms with Crippen molar-refractivity contribution in [3.63, 3.8) is 0 Å². The predicted molar refractivity (Wildman–Crippen MR) is 106 cm³/mol. The normalized spacial score (nSPS) is 10.6.